The van der Waals surface area contributed by atoms with E-state index in [4.69, 9.17) is 15.1 Å². The van der Waals surface area contributed by atoms with Gasteiger partial charge in [0.25, 0.3) is 0 Å². The van der Waals surface area contributed by atoms with Gasteiger partial charge in [-0.2, -0.15) is 10.0 Å². The summed E-state index contributed by atoms with van der Waals surface area (Å²) in [6.45, 7) is 3.03. The smallest absolute Gasteiger partial charge is 0.327 e. The van der Waals surface area contributed by atoms with E-state index in [9.17, 15) is 4.79 Å². The molecule has 1 aromatic carbocycles. The van der Waals surface area contributed by atoms with Crippen LogP contribution in [0.2, 0.25) is 0 Å². The van der Waals surface area contributed by atoms with Crippen LogP contribution in [0.25, 0.3) is 0 Å². The Bertz CT molecular complexity index is 1240. The number of imidazole rings is 1. The number of fused-ring (bicyclic) bond motifs is 4. The van der Waals surface area contributed by atoms with E-state index in [-0.39, 0.29) is 17.8 Å². The molecular weight excluding hydrogens is 396 g/mol. The molecule has 1 unspecified atom stereocenters. The average Bonchev–Trinajstić information content (AvgIpc) is 3.52. The number of nitrogens with one attached hydrogen (secondary N) is 1. The van der Waals surface area contributed by atoms with Crippen LogP contribution in [0.5, 0.6) is 0 Å². The lowest BCUT2D eigenvalue weighted by molar-refractivity contribution is 0.108. The molecule has 0 fully saturated rings. The van der Waals surface area contributed by atoms with Crippen molar-refractivity contribution in [2.45, 2.75) is 25.8 Å². The number of benzene rings is 1. The van der Waals surface area contributed by atoms with Gasteiger partial charge < -0.3 is 15.1 Å². The molecule has 2 aromatic heterocycles. The number of nitrogens with two attached hydrogens (primary N) is 1. The molecule has 3 N–H and O–H groups in total. The Kier molecular flexibility index (Phi) is 3.92. The molecule has 6 rings (SSSR count). The van der Waals surface area contributed by atoms with E-state index in [1.807, 2.05) is 24.2 Å². The summed E-state index contributed by atoms with van der Waals surface area (Å²) in [5.41, 5.74) is 9.32. The summed E-state index contributed by atoms with van der Waals surface area (Å²) in [5, 5.41) is 3.54. The minimum absolute atomic E-state index is 0.216. The van der Waals surface area contributed by atoms with E-state index in [1.165, 1.54) is 11.1 Å². The van der Waals surface area contributed by atoms with Gasteiger partial charge in [-0.1, -0.05) is 24.3 Å². The highest BCUT2D eigenvalue weighted by molar-refractivity contribution is 6.13. The lowest BCUT2D eigenvalue weighted by Gasteiger charge is -2.30. The number of aliphatic imine (C=N–C) groups is 2. The fraction of sp³-hybridized carbons (Fsp3) is 0.286. The summed E-state index contributed by atoms with van der Waals surface area (Å²) in [6.07, 6.45) is 1.23. The molecule has 0 bridgehead atoms. The Labute approximate surface area is 177 Å². The van der Waals surface area contributed by atoms with Crippen LogP contribution >= 0.6 is 0 Å². The molecule has 5 heterocycles. The number of nitrogens with zero attached hydrogens (tertiary/aromatic N) is 6. The van der Waals surface area contributed by atoms with Crippen molar-refractivity contribution in [3.05, 3.63) is 75.7 Å². The standard InChI is InChI=1S/C21H22N8O2/c1-26-17(15-7-4-10-31-15)24-19-16-18(25-20(22)29(19)26)28(21(30)23-16)9-8-27-11-13-5-2-3-6-14(13)12-27/h2-7,10,17H,8-9,11-12H2,1H3,(H2,22,25)(H,23,30). The zero-order valence-corrected chi connectivity index (χ0v) is 17.0. The molecule has 3 aromatic rings. The molecule has 0 radical (unpaired) electrons. The largest absolute Gasteiger partial charge is 0.466 e. The monoisotopic (exact) mass is 418 g/mol. The summed E-state index contributed by atoms with van der Waals surface area (Å²) in [4.78, 5) is 27.4. The summed E-state index contributed by atoms with van der Waals surface area (Å²) in [6, 6.07) is 12.1. The van der Waals surface area contributed by atoms with Gasteiger partial charge in [-0.05, 0) is 23.3 Å². The number of hydrogen-bond acceptors (Lipinski definition) is 8. The molecule has 10 heteroatoms. The van der Waals surface area contributed by atoms with Crippen molar-refractivity contribution < 1.29 is 4.42 Å². The highest BCUT2D eigenvalue weighted by atomic mass is 16.3. The van der Waals surface area contributed by atoms with Gasteiger partial charge in [0.05, 0.1) is 6.26 Å². The van der Waals surface area contributed by atoms with Crippen LogP contribution in [0.15, 0.2) is 61.9 Å². The van der Waals surface area contributed by atoms with Crippen molar-refractivity contribution in [2.75, 3.05) is 13.6 Å². The summed E-state index contributed by atoms with van der Waals surface area (Å²) < 4.78 is 7.17. The van der Waals surface area contributed by atoms with Gasteiger partial charge in [0.2, 0.25) is 5.96 Å². The van der Waals surface area contributed by atoms with Crippen molar-refractivity contribution in [1.29, 1.82) is 0 Å². The molecule has 1 atom stereocenters. The maximum atomic E-state index is 12.8. The van der Waals surface area contributed by atoms with Crippen LogP contribution in [-0.4, -0.2) is 49.9 Å². The zero-order chi connectivity index (χ0) is 21.1. The number of H-pyrrole nitrogens is 1. The minimum Gasteiger partial charge on any atom is -0.466 e. The Morgan fingerprint density at radius 3 is 2.65 bits per heavy atom. The van der Waals surface area contributed by atoms with Crippen molar-refractivity contribution in [3.63, 3.8) is 0 Å². The molecule has 158 valence electrons. The first-order valence-electron chi connectivity index (χ1n) is 10.2. The summed E-state index contributed by atoms with van der Waals surface area (Å²) in [5.74, 6) is 2.04. The van der Waals surface area contributed by atoms with Crippen molar-refractivity contribution in [1.82, 2.24) is 24.5 Å². The fourth-order valence-electron chi connectivity index (χ4n) is 4.54. The van der Waals surface area contributed by atoms with Crippen LogP contribution in [-0.2, 0) is 19.6 Å². The summed E-state index contributed by atoms with van der Waals surface area (Å²) in [7, 11) is 1.86. The molecule has 0 amide bonds. The lowest BCUT2D eigenvalue weighted by atomic mass is 10.1. The van der Waals surface area contributed by atoms with Crippen LogP contribution in [0.3, 0.4) is 0 Å². The van der Waals surface area contributed by atoms with Crippen LogP contribution in [0.1, 0.15) is 28.7 Å². The molecule has 0 aliphatic carbocycles. The van der Waals surface area contributed by atoms with Gasteiger partial charge >= 0.3 is 5.69 Å². The molecule has 10 nitrogen and oxygen atoms in total. The maximum absolute atomic E-state index is 12.8. The number of aromatic amines is 1. The normalized spacial score (nSPS) is 20.4. The average molecular weight is 418 g/mol. The van der Waals surface area contributed by atoms with E-state index in [2.05, 4.69) is 39.1 Å². The quantitative estimate of drug-likeness (QED) is 0.662. The predicted molar refractivity (Wildman–Crippen MR) is 114 cm³/mol. The predicted octanol–water partition coefficient (Wildman–Crippen LogP) is 1.35. The first-order chi connectivity index (χ1) is 15.1. The number of furan rings is 1. The van der Waals surface area contributed by atoms with E-state index in [0.29, 0.717) is 29.7 Å². The number of guanidine groups is 1. The van der Waals surface area contributed by atoms with Crippen molar-refractivity contribution >= 4 is 17.6 Å². The summed E-state index contributed by atoms with van der Waals surface area (Å²) >= 11 is 0. The number of rotatable bonds is 4. The molecule has 0 saturated heterocycles. The Balaban J connectivity index is 1.29. The van der Waals surface area contributed by atoms with Crippen molar-refractivity contribution in [3.8, 4) is 0 Å². The fourth-order valence-corrected chi connectivity index (χ4v) is 4.54. The topological polar surface area (TPSA) is 111 Å². The van der Waals surface area contributed by atoms with Gasteiger partial charge in [0, 0.05) is 33.2 Å². The number of aromatic nitrogens is 2. The lowest BCUT2D eigenvalue weighted by Crippen LogP contribution is -2.49. The third-order valence-electron chi connectivity index (χ3n) is 6.08. The second-order valence-electron chi connectivity index (χ2n) is 7.96. The minimum atomic E-state index is -0.375. The molecule has 0 saturated carbocycles. The van der Waals surface area contributed by atoms with Gasteiger partial charge in [-0.25, -0.2) is 14.8 Å². The van der Waals surface area contributed by atoms with Gasteiger partial charge in [0.1, 0.15) is 11.5 Å². The van der Waals surface area contributed by atoms with Gasteiger partial charge in [-0.15, -0.1) is 0 Å². The highest BCUT2D eigenvalue weighted by Gasteiger charge is 2.41. The molecule has 0 spiro atoms. The van der Waals surface area contributed by atoms with Crippen LogP contribution in [0.4, 0.5) is 5.82 Å². The number of hydrogen-bond donors (Lipinski definition) is 2. The Morgan fingerprint density at radius 1 is 1.16 bits per heavy atom. The zero-order valence-electron chi connectivity index (χ0n) is 17.0. The van der Waals surface area contributed by atoms with Gasteiger partial charge in [0.15, 0.2) is 17.8 Å². The highest BCUT2D eigenvalue weighted by Crippen LogP contribution is 2.35. The molecule has 3 aliphatic heterocycles. The molecule has 31 heavy (non-hydrogen) atoms. The third-order valence-corrected chi connectivity index (χ3v) is 6.08. The first-order valence-corrected chi connectivity index (χ1v) is 10.2. The molecule has 3 aliphatic rings. The second kappa shape index (κ2) is 6.69. The first kappa shape index (κ1) is 18.2. The van der Waals surface area contributed by atoms with Crippen LogP contribution < -0.4 is 11.4 Å². The van der Waals surface area contributed by atoms with Gasteiger partial charge in [-0.3, -0.25) is 9.47 Å². The second-order valence-corrected chi connectivity index (χ2v) is 7.96. The Hall–Kier alpha value is -3.63. The van der Waals surface area contributed by atoms with E-state index in [1.54, 1.807) is 15.8 Å². The van der Waals surface area contributed by atoms with E-state index in [0.717, 1.165) is 19.6 Å². The van der Waals surface area contributed by atoms with Crippen LogP contribution in [0, 0.1) is 0 Å². The van der Waals surface area contributed by atoms with E-state index < -0.39 is 0 Å². The Morgan fingerprint density at radius 2 is 1.94 bits per heavy atom. The number of amidine groups is 1. The SMILES string of the molecule is CN1C(c2ccco2)N=C2c3[nH]c(=O)n(CCN4Cc5ccccc5C4)c3N=C(N)N21. The van der Waals surface area contributed by atoms with Crippen molar-refractivity contribution in [2.24, 2.45) is 15.7 Å². The number of hydrazine groups is 1. The van der Waals surface area contributed by atoms with E-state index >= 15 is 0 Å². The molecular formula is C21H22N8O2. The maximum Gasteiger partial charge on any atom is 0.327 e. The third kappa shape index (κ3) is 2.76.